The number of hydrogen-bond donors (Lipinski definition) is 2. The van der Waals surface area contributed by atoms with Crippen LogP contribution >= 0.6 is 0 Å². The Labute approximate surface area is 325 Å². The van der Waals surface area contributed by atoms with Gasteiger partial charge in [-0.05, 0) is 62.4 Å². The lowest BCUT2D eigenvalue weighted by atomic mass is 9.83. The number of carbonyl (C=O) groups is 5. The maximum Gasteiger partial charge on any atom is 0.226 e. The Kier molecular flexibility index (Phi) is 19.3. The monoisotopic (exact) mass is 758 g/mol. The summed E-state index contributed by atoms with van der Waals surface area (Å²) >= 11 is 0. The van der Waals surface area contributed by atoms with Gasteiger partial charge in [0.05, 0.1) is 36.8 Å². The van der Waals surface area contributed by atoms with E-state index in [1.165, 1.54) is 0 Å². The molecule has 3 N–H and O–H groups in total. The summed E-state index contributed by atoms with van der Waals surface area (Å²) in [6, 6.07) is 6.23. The molecule has 0 saturated carbocycles. The molecule has 0 spiro atoms. The molecule has 1 fully saturated rings. The molecule has 12 nitrogen and oxygen atoms in total. The average molecular weight is 758 g/mol. The number of ether oxygens (including phenoxy) is 2. The third-order valence-corrected chi connectivity index (χ3v) is 11.5. The summed E-state index contributed by atoms with van der Waals surface area (Å²) in [4.78, 5) is 73.3. The summed E-state index contributed by atoms with van der Waals surface area (Å²) in [5.74, 6) is -1.51. The second-order valence-corrected chi connectivity index (χ2v) is 16.2. The number of hydrogen-bond acceptors (Lipinski definition) is 9. The van der Waals surface area contributed by atoms with E-state index in [1.54, 1.807) is 45.2 Å². The number of nitrogens with two attached hydrogens (primary N) is 1. The summed E-state index contributed by atoms with van der Waals surface area (Å²) in [5.41, 5.74) is 7.30. The van der Waals surface area contributed by atoms with Crippen molar-refractivity contribution in [2.24, 2.45) is 29.6 Å². The van der Waals surface area contributed by atoms with Gasteiger partial charge in [-0.15, -0.1) is 0 Å². The molecule has 1 aromatic rings. The topological polar surface area (TPSA) is 152 Å². The third-order valence-electron chi connectivity index (χ3n) is 11.5. The number of rotatable bonds is 23. The van der Waals surface area contributed by atoms with Crippen LogP contribution in [0.15, 0.2) is 24.3 Å². The molecular weight excluding hydrogens is 686 g/mol. The fraction of sp³-hybridized carbons (Fsp3) is 0.738. The van der Waals surface area contributed by atoms with Crippen LogP contribution in [0.5, 0.6) is 0 Å². The standard InChI is InChI=1S/C42H71N5O7/c1-13-28(6)40(46(10)42(52)32(26(2)3)23-35(49)39(27(4)5)45(8)9)36(53-11)24-38(51)47-22-14-15-33(47)41(54-12)29(7)34(48)20-21-37(50)44-25-30-16-18-31(43)19-17-30/h16-19,26-29,32-33,36,39-41H,13-15,20-25,43H2,1-12H3,(H,44,50)/t28-,29-,32-,33-,36+,39-,40-,41+/m0/s1. The number of carbonyl (C=O) groups excluding carboxylic acids is 5. The van der Waals surface area contributed by atoms with Gasteiger partial charge in [0.1, 0.15) is 5.78 Å². The van der Waals surface area contributed by atoms with Gasteiger partial charge in [0.25, 0.3) is 0 Å². The van der Waals surface area contributed by atoms with Crippen LogP contribution in [0.1, 0.15) is 99.0 Å². The minimum Gasteiger partial charge on any atom is -0.399 e. The van der Waals surface area contributed by atoms with Crippen LogP contribution in [0.25, 0.3) is 0 Å². The Morgan fingerprint density at radius 3 is 2.04 bits per heavy atom. The van der Waals surface area contributed by atoms with E-state index in [1.807, 2.05) is 63.7 Å². The van der Waals surface area contributed by atoms with Crippen LogP contribution in [0.4, 0.5) is 5.69 Å². The van der Waals surface area contributed by atoms with Gasteiger partial charge in [0, 0.05) is 71.1 Å². The summed E-state index contributed by atoms with van der Waals surface area (Å²) in [7, 11) is 8.69. The average Bonchev–Trinajstić information content (AvgIpc) is 3.61. The molecule has 0 unspecified atom stereocenters. The highest BCUT2D eigenvalue weighted by molar-refractivity contribution is 5.90. The zero-order chi connectivity index (χ0) is 40.9. The fourth-order valence-electron chi connectivity index (χ4n) is 8.19. The smallest absolute Gasteiger partial charge is 0.226 e. The number of ketones is 2. The lowest BCUT2D eigenvalue weighted by Crippen LogP contribution is -2.54. The van der Waals surface area contributed by atoms with Crippen molar-refractivity contribution in [2.75, 3.05) is 47.6 Å². The van der Waals surface area contributed by atoms with Gasteiger partial charge in [0.15, 0.2) is 5.78 Å². The van der Waals surface area contributed by atoms with Gasteiger partial charge in [-0.2, -0.15) is 0 Å². The van der Waals surface area contributed by atoms with Crippen molar-refractivity contribution in [2.45, 2.75) is 130 Å². The number of amides is 3. The molecule has 1 saturated heterocycles. The maximum absolute atomic E-state index is 14.3. The predicted octanol–water partition coefficient (Wildman–Crippen LogP) is 4.97. The first-order valence-corrected chi connectivity index (χ1v) is 19.8. The molecule has 54 heavy (non-hydrogen) atoms. The first kappa shape index (κ1) is 46.8. The number of likely N-dealkylation sites (N-methyl/N-ethyl adjacent to an activating group) is 2. The van der Waals surface area contributed by atoms with E-state index in [2.05, 4.69) is 19.2 Å². The van der Waals surface area contributed by atoms with E-state index in [9.17, 15) is 24.0 Å². The van der Waals surface area contributed by atoms with Gasteiger partial charge < -0.3 is 30.3 Å². The van der Waals surface area contributed by atoms with Crippen molar-refractivity contribution >= 4 is 35.0 Å². The van der Waals surface area contributed by atoms with Crippen LogP contribution in [0.3, 0.4) is 0 Å². The van der Waals surface area contributed by atoms with Crippen LogP contribution in [0, 0.1) is 29.6 Å². The van der Waals surface area contributed by atoms with Crippen LogP contribution in [-0.2, 0) is 40.0 Å². The molecule has 0 aromatic heterocycles. The zero-order valence-electron chi connectivity index (χ0n) is 35.2. The summed E-state index contributed by atoms with van der Waals surface area (Å²) in [5, 5.41) is 2.86. The number of nitrogen functional groups attached to an aromatic ring is 1. The molecule has 0 radical (unpaired) electrons. The zero-order valence-corrected chi connectivity index (χ0v) is 35.2. The Hall–Kier alpha value is -3.35. The lowest BCUT2D eigenvalue weighted by molar-refractivity contribution is -0.149. The number of methoxy groups -OCH3 is 2. The lowest BCUT2D eigenvalue weighted by Gasteiger charge is -2.41. The Morgan fingerprint density at radius 1 is 0.889 bits per heavy atom. The van der Waals surface area contributed by atoms with Gasteiger partial charge in [-0.3, -0.25) is 28.9 Å². The van der Waals surface area contributed by atoms with Crippen molar-refractivity contribution in [3.05, 3.63) is 29.8 Å². The third kappa shape index (κ3) is 12.9. The van der Waals surface area contributed by atoms with Crippen molar-refractivity contribution < 1.29 is 33.4 Å². The molecule has 1 aromatic carbocycles. The molecule has 3 amide bonds. The minimum atomic E-state index is -0.594. The van der Waals surface area contributed by atoms with Gasteiger partial charge in [-0.1, -0.05) is 67.0 Å². The quantitative estimate of drug-likeness (QED) is 0.148. The van der Waals surface area contributed by atoms with Crippen LogP contribution < -0.4 is 11.1 Å². The Balaban J connectivity index is 2.17. The van der Waals surface area contributed by atoms with Crippen molar-refractivity contribution in [1.82, 2.24) is 20.0 Å². The molecule has 0 bridgehead atoms. The van der Waals surface area contributed by atoms with E-state index in [4.69, 9.17) is 15.2 Å². The van der Waals surface area contributed by atoms with E-state index < -0.39 is 30.1 Å². The van der Waals surface area contributed by atoms with Crippen molar-refractivity contribution in [3.63, 3.8) is 0 Å². The minimum absolute atomic E-state index is 0.00725. The number of nitrogens with one attached hydrogen (secondary N) is 1. The summed E-state index contributed by atoms with van der Waals surface area (Å²) in [6.07, 6.45) is 1.39. The second kappa shape index (κ2) is 22.3. The van der Waals surface area contributed by atoms with Crippen molar-refractivity contribution in [1.29, 1.82) is 0 Å². The molecule has 8 atom stereocenters. The molecule has 1 heterocycles. The first-order valence-electron chi connectivity index (χ1n) is 19.8. The maximum atomic E-state index is 14.3. The molecule has 2 rings (SSSR count). The first-order chi connectivity index (χ1) is 25.4. The molecule has 1 aliphatic heterocycles. The summed E-state index contributed by atoms with van der Waals surface area (Å²) in [6.45, 7) is 14.8. The fourth-order valence-corrected chi connectivity index (χ4v) is 8.19. The highest BCUT2D eigenvalue weighted by Gasteiger charge is 2.43. The van der Waals surface area contributed by atoms with Gasteiger partial charge in [0.2, 0.25) is 17.7 Å². The Bertz CT molecular complexity index is 1360. The molecular formula is C42H71N5O7. The predicted molar refractivity (Wildman–Crippen MR) is 213 cm³/mol. The largest absolute Gasteiger partial charge is 0.399 e. The van der Waals surface area contributed by atoms with E-state index in [0.29, 0.717) is 25.2 Å². The number of anilines is 1. The van der Waals surface area contributed by atoms with Gasteiger partial charge in [-0.25, -0.2) is 0 Å². The number of nitrogens with zero attached hydrogens (tertiary/aromatic N) is 3. The number of Topliss-reactive ketones (excluding diaryl/α,β-unsaturated/α-hetero) is 2. The van der Waals surface area contributed by atoms with E-state index >= 15 is 0 Å². The van der Waals surface area contributed by atoms with Crippen LogP contribution in [0.2, 0.25) is 0 Å². The second-order valence-electron chi connectivity index (χ2n) is 16.2. The van der Waals surface area contributed by atoms with E-state index in [0.717, 1.165) is 18.4 Å². The Morgan fingerprint density at radius 2 is 1.52 bits per heavy atom. The number of benzene rings is 1. The number of likely N-dealkylation sites (tertiary alicyclic amines) is 1. The molecule has 1 aliphatic rings. The SMILES string of the molecule is CC[C@H](C)[C@@H]([C@@H](CC(=O)N1CCC[C@H]1[C@H](OC)[C@@H](C)C(=O)CCC(=O)NCc1ccc(N)cc1)OC)N(C)C(=O)[C@@H](CC(=O)[C@H](C(C)C)N(C)C)C(C)C. The van der Waals surface area contributed by atoms with Crippen molar-refractivity contribution in [3.8, 4) is 0 Å². The van der Waals surface area contributed by atoms with Gasteiger partial charge >= 0.3 is 0 Å². The normalized spacial score (nSPS) is 18.6. The van der Waals surface area contributed by atoms with Crippen LogP contribution in [-0.4, -0.2) is 116 Å². The molecule has 306 valence electrons. The highest BCUT2D eigenvalue weighted by atomic mass is 16.5. The highest BCUT2D eigenvalue weighted by Crippen LogP contribution is 2.31. The summed E-state index contributed by atoms with van der Waals surface area (Å²) < 4.78 is 11.9. The van der Waals surface area contributed by atoms with E-state index in [-0.39, 0.29) is 84.8 Å². The molecule has 12 heteroatoms. The molecule has 0 aliphatic carbocycles.